The largest absolute Gasteiger partial charge is 0.353 e. The van der Waals surface area contributed by atoms with E-state index in [-0.39, 0.29) is 0 Å². The molecular formula is C15H27N3. The summed E-state index contributed by atoms with van der Waals surface area (Å²) in [5.41, 5.74) is 1.11. The van der Waals surface area contributed by atoms with Gasteiger partial charge in [0.25, 0.3) is 0 Å². The second kappa shape index (κ2) is 5.77. The topological polar surface area (TPSA) is 29.9 Å². The monoisotopic (exact) mass is 249 g/mol. The van der Waals surface area contributed by atoms with E-state index < -0.39 is 0 Å². The second-order valence-electron chi connectivity index (χ2n) is 5.94. The Morgan fingerprint density at radius 3 is 2.78 bits per heavy atom. The smallest absolute Gasteiger partial charge is 0.203 e. The zero-order valence-corrected chi connectivity index (χ0v) is 12.2. The van der Waals surface area contributed by atoms with Crippen LogP contribution in [0.4, 0.5) is 5.95 Å². The van der Waals surface area contributed by atoms with Gasteiger partial charge in [0.05, 0.1) is 5.69 Å². The maximum absolute atomic E-state index is 4.62. The summed E-state index contributed by atoms with van der Waals surface area (Å²) < 4.78 is 2.22. The molecule has 3 nitrogen and oxygen atoms in total. The highest BCUT2D eigenvalue weighted by molar-refractivity contribution is 5.30. The maximum atomic E-state index is 4.62. The van der Waals surface area contributed by atoms with Gasteiger partial charge < -0.3 is 9.88 Å². The van der Waals surface area contributed by atoms with Crippen LogP contribution < -0.4 is 5.32 Å². The fraction of sp³-hybridized carbons (Fsp3) is 0.800. The van der Waals surface area contributed by atoms with E-state index >= 15 is 0 Å². The van der Waals surface area contributed by atoms with Crippen LogP contribution in [-0.4, -0.2) is 15.6 Å². The lowest BCUT2D eigenvalue weighted by Crippen LogP contribution is -2.36. The number of hydrogen-bond donors (Lipinski definition) is 1. The van der Waals surface area contributed by atoms with Crippen molar-refractivity contribution in [1.29, 1.82) is 0 Å². The Hall–Kier alpha value is -0.990. The summed E-state index contributed by atoms with van der Waals surface area (Å²) in [6.45, 7) is 9.93. The molecule has 1 aliphatic rings. The molecule has 2 atom stereocenters. The minimum absolute atomic E-state index is 0.603. The molecule has 1 aromatic rings. The summed E-state index contributed by atoms with van der Waals surface area (Å²) >= 11 is 0. The Labute approximate surface area is 111 Å². The van der Waals surface area contributed by atoms with Crippen molar-refractivity contribution in [2.24, 2.45) is 11.8 Å². The Balaban J connectivity index is 2.10. The summed E-state index contributed by atoms with van der Waals surface area (Å²) in [5, 5.41) is 3.70. The number of anilines is 1. The average Bonchev–Trinajstić information content (AvgIpc) is 2.70. The molecule has 1 fully saturated rings. The number of aryl methyl sites for hydroxylation is 2. The third-order valence-corrected chi connectivity index (χ3v) is 4.23. The van der Waals surface area contributed by atoms with Gasteiger partial charge in [-0.25, -0.2) is 4.98 Å². The average molecular weight is 249 g/mol. The van der Waals surface area contributed by atoms with E-state index in [4.69, 9.17) is 0 Å². The van der Waals surface area contributed by atoms with Gasteiger partial charge in [0.2, 0.25) is 5.95 Å². The van der Waals surface area contributed by atoms with Gasteiger partial charge in [-0.3, -0.25) is 0 Å². The van der Waals surface area contributed by atoms with Crippen molar-refractivity contribution in [3.8, 4) is 0 Å². The minimum atomic E-state index is 0.603. The van der Waals surface area contributed by atoms with Crippen molar-refractivity contribution in [2.45, 2.75) is 66.0 Å². The number of aromatic nitrogens is 2. The highest BCUT2D eigenvalue weighted by Gasteiger charge is 2.28. The summed E-state index contributed by atoms with van der Waals surface area (Å²) in [5.74, 6) is 2.61. The van der Waals surface area contributed by atoms with Gasteiger partial charge in [-0.15, -0.1) is 0 Å². The van der Waals surface area contributed by atoms with Gasteiger partial charge in [0, 0.05) is 18.8 Å². The standard InChI is InChI=1S/C15H27N3/c1-5-18-10-12(4)16-15(18)17-14-9-7-6-8-13(14)11(2)3/h10-11,13-14H,5-9H2,1-4H3,(H,16,17). The van der Waals surface area contributed by atoms with Gasteiger partial charge in [0.1, 0.15) is 0 Å². The maximum Gasteiger partial charge on any atom is 0.203 e. The van der Waals surface area contributed by atoms with Crippen molar-refractivity contribution in [3.05, 3.63) is 11.9 Å². The Morgan fingerprint density at radius 2 is 2.11 bits per heavy atom. The quantitative estimate of drug-likeness (QED) is 0.878. The van der Waals surface area contributed by atoms with Gasteiger partial charge in [-0.2, -0.15) is 0 Å². The molecule has 3 heteroatoms. The van der Waals surface area contributed by atoms with Crippen LogP contribution in [0.1, 0.15) is 52.1 Å². The molecule has 2 rings (SSSR count). The van der Waals surface area contributed by atoms with E-state index in [1.165, 1.54) is 25.7 Å². The number of imidazole rings is 1. The predicted molar refractivity (Wildman–Crippen MR) is 76.8 cm³/mol. The Bertz CT molecular complexity index is 381. The van der Waals surface area contributed by atoms with E-state index in [1.807, 2.05) is 0 Å². The van der Waals surface area contributed by atoms with E-state index in [0.717, 1.165) is 30.0 Å². The van der Waals surface area contributed by atoms with Crippen LogP contribution in [0.2, 0.25) is 0 Å². The normalized spacial score (nSPS) is 24.5. The molecule has 0 saturated heterocycles. The van der Waals surface area contributed by atoms with Gasteiger partial charge in [-0.05, 0) is 38.5 Å². The first-order chi connectivity index (χ1) is 8.61. The molecule has 2 unspecified atom stereocenters. The molecule has 18 heavy (non-hydrogen) atoms. The molecule has 0 aliphatic heterocycles. The fourth-order valence-electron chi connectivity index (χ4n) is 3.21. The first kappa shape index (κ1) is 13.4. The lowest BCUT2D eigenvalue weighted by molar-refractivity contribution is 0.252. The summed E-state index contributed by atoms with van der Waals surface area (Å²) in [4.78, 5) is 4.62. The molecule has 1 aromatic heterocycles. The van der Waals surface area contributed by atoms with Crippen LogP contribution in [0.15, 0.2) is 6.20 Å². The van der Waals surface area contributed by atoms with Crippen LogP contribution in [0.3, 0.4) is 0 Å². The molecule has 0 aromatic carbocycles. The van der Waals surface area contributed by atoms with E-state index in [1.54, 1.807) is 0 Å². The molecule has 1 saturated carbocycles. The molecule has 102 valence electrons. The van der Waals surface area contributed by atoms with Crippen LogP contribution in [0, 0.1) is 18.8 Å². The number of rotatable bonds is 4. The number of nitrogens with zero attached hydrogens (tertiary/aromatic N) is 2. The van der Waals surface area contributed by atoms with Gasteiger partial charge in [-0.1, -0.05) is 26.7 Å². The summed E-state index contributed by atoms with van der Waals surface area (Å²) in [6.07, 6.45) is 7.53. The molecule has 0 amide bonds. The lowest BCUT2D eigenvalue weighted by Gasteiger charge is -2.35. The minimum Gasteiger partial charge on any atom is -0.353 e. The van der Waals surface area contributed by atoms with E-state index in [9.17, 15) is 0 Å². The van der Waals surface area contributed by atoms with Crippen molar-refractivity contribution in [1.82, 2.24) is 9.55 Å². The SMILES string of the molecule is CCn1cc(C)nc1NC1CCCCC1C(C)C. The first-order valence-corrected chi connectivity index (χ1v) is 7.42. The van der Waals surface area contributed by atoms with E-state index in [2.05, 4.69) is 48.8 Å². The number of hydrogen-bond acceptors (Lipinski definition) is 2. The molecule has 1 N–H and O–H groups in total. The molecule has 1 heterocycles. The summed E-state index contributed by atoms with van der Waals surface area (Å²) in [7, 11) is 0. The fourth-order valence-corrected chi connectivity index (χ4v) is 3.21. The molecule has 0 spiro atoms. The lowest BCUT2D eigenvalue weighted by atomic mass is 9.78. The highest BCUT2D eigenvalue weighted by atomic mass is 15.2. The predicted octanol–water partition coefficient (Wildman–Crippen LogP) is 3.84. The first-order valence-electron chi connectivity index (χ1n) is 7.42. The number of nitrogens with one attached hydrogen (secondary N) is 1. The van der Waals surface area contributed by atoms with Crippen LogP contribution >= 0.6 is 0 Å². The van der Waals surface area contributed by atoms with Crippen molar-refractivity contribution < 1.29 is 0 Å². The van der Waals surface area contributed by atoms with Crippen molar-refractivity contribution >= 4 is 5.95 Å². The van der Waals surface area contributed by atoms with E-state index in [0.29, 0.717) is 6.04 Å². The zero-order chi connectivity index (χ0) is 13.1. The van der Waals surface area contributed by atoms with Gasteiger partial charge in [0.15, 0.2) is 0 Å². The molecule has 0 bridgehead atoms. The van der Waals surface area contributed by atoms with Crippen LogP contribution in [-0.2, 0) is 6.54 Å². The molecule has 1 aliphatic carbocycles. The van der Waals surface area contributed by atoms with Crippen LogP contribution in [0.25, 0.3) is 0 Å². The van der Waals surface area contributed by atoms with Crippen molar-refractivity contribution in [2.75, 3.05) is 5.32 Å². The summed E-state index contributed by atoms with van der Waals surface area (Å²) in [6, 6.07) is 0.603. The highest BCUT2D eigenvalue weighted by Crippen LogP contribution is 2.32. The molecular weight excluding hydrogens is 222 g/mol. The third-order valence-electron chi connectivity index (χ3n) is 4.23. The zero-order valence-electron chi connectivity index (χ0n) is 12.2. The Morgan fingerprint density at radius 1 is 1.39 bits per heavy atom. The Kier molecular flexibility index (Phi) is 4.31. The van der Waals surface area contributed by atoms with Crippen molar-refractivity contribution in [3.63, 3.8) is 0 Å². The molecule has 0 radical (unpaired) electrons. The van der Waals surface area contributed by atoms with Crippen LogP contribution in [0.5, 0.6) is 0 Å². The third kappa shape index (κ3) is 2.88. The van der Waals surface area contributed by atoms with Gasteiger partial charge >= 0.3 is 0 Å². The second-order valence-corrected chi connectivity index (χ2v) is 5.94.